The van der Waals surface area contributed by atoms with E-state index < -0.39 is 0 Å². The highest BCUT2D eigenvalue weighted by atomic mass is 35.5. The fourth-order valence-electron chi connectivity index (χ4n) is 1.63. The quantitative estimate of drug-likeness (QED) is 0.669. The number of benzene rings is 1. The topological polar surface area (TPSA) is 26.0 Å². The monoisotopic (exact) mass is 213 g/mol. The molecule has 1 aromatic rings. The first-order valence-electron chi connectivity index (χ1n) is 4.48. The second-order valence-electron chi connectivity index (χ2n) is 3.29. The minimum Gasteiger partial charge on any atom is -0.398 e. The van der Waals surface area contributed by atoms with Crippen molar-refractivity contribution < 1.29 is 0 Å². The first kappa shape index (κ1) is 9.22. The van der Waals surface area contributed by atoms with Crippen molar-refractivity contribution in [1.82, 2.24) is 0 Å². The van der Waals surface area contributed by atoms with E-state index in [0.29, 0.717) is 0 Å². The Hall–Kier alpha value is -0.340. The molecule has 1 aliphatic heterocycles. The van der Waals surface area contributed by atoms with Crippen LogP contribution >= 0.6 is 23.4 Å². The fraction of sp³-hybridized carbons (Fsp3) is 0.400. The zero-order valence-electron chi connectivity index (χ0n) is 7.35. The highest BCUT2D eigenvalue weighted by Gasteiger charge is 2.11. The first-order chi connectivity index (χ1) is 6.27. The van der Waals surface area contributed by atoms with Gasteiger partial charge in [-0.1, -0.05) is 11.6 Å². The van der Waals surface area contributed by atoms with E-state index in [9.17, 15) is 0 Å². The molecule has 0 bridgehead atoms. The molecule has 70 valence electrons. The van der Waals surface area contributed by atoms with E-state index >= 15 is 0 Å². The van der Waals surface area contributed by atoms with Gasteiger partial charge in [0.2, 0.25) is 0 Å². The van der Waals surface area contributed by atoms with Gasteiger partial charge in [-0.05, 0) is 42.7 Å². The molecule has 0 fully saturated rings. The molecule has 0 spiro atoms. The average Bonchev–Trinajstić information content (AvgIpc) is 2.28. The molecule has 3 heteroatoms. The third kappa shape index (κ3) is 1.94. The van der Waals surface area contributed by atoms with Crippen molar-refractivity contribution in [2.24, 2.45) is 0 Å². The molecule has 1 aromatic carbocycles. The van der Waals surface area contributed by atoms with Crippen LogP contribution in [0.2, 0.25) is 5.02 Å². The molecule has 2 rings (SSSR count). The number of thioether (sulfide) groups is 1. The summed E-state index contributed by atoms with van der Waals surface area (Å²) in [4.78, 5) is 1.25. The molecule has 0 atom stereocenters. The van der Waals surface area contributed by atoms with E-state index in [4.69, 9.17) is 17.3 Å². The van der Waals surface area contributed by atoms with Crippen LogP contribution < -0.4 is 5.73 Å². The van der Waals surface area contributed by atoms with Crippen LogP contribution in [0.5, 0.6) is 0 Å². The maximum absolute atomic E-state index is 5.95. The minimum absolute atomic E-state index is 0.763. The first-order valence-corrected chi connectivity index (χ1v) is 5.84. The molecule has 2 N–H and O–H groups in total. The molecule has 0 radical (unpaired) electrons. The van der Waals surface area contributed by atoms with Gasteiger partial charge >= 0.3 is 0 Å². The van der Waals surface area contributed by atoms with E-state index in [1.54, 1.807) is 0 Å². The van der Waals surface area contributed by atoms with Gasteiger partial charge in [-0.2, -0.15) is 0 Å². The third-order valence-electron chi connectivity index (χ3n) is 2.25. The van der Waals surface area contributed by atoms with E-state index in [-0.39, 0.29) is 0 Å². The Bertz CT molecular complexity index is 325. The lowest BCUT2D eigenvalue weighted by Crippen LogP contribution is -1.93. The number of nitrogen functional groups attached to an aromatic ring is 1. The van der Waals surface area contributed by atoms with Crippen LogP contribution in [-0.4, -0.2) is 5.75 Å². The Balaban J connectivity index is 2.47. The number of hydrogen-bond donors (Lipinski definition) is 1. The number of halogens is 1. The molecule has 1 nitrogen and oxygen atoms in total. The lowest BCUT2D eigenvalue weighted by atomic mass is 10.1. The lowest BCUT2D eigenvalue weighted by molar-refractivity contribution is 0.805. The predicted octanol–water partition coefficient (Wildman–Crippen LogP) is 3.35. The highest BCUT2D eigenvalue weighted by Crippen LogP contribution is 2.35. The van der Waals surface area contributed by atoms with Gasteiger partial charge in [0.25, 0.3) is 0 Å². The largest absolute Gasteiger partial charge is 0.398 e. The van der Waals surface area contributed by atoms with Crippen molar-refractivity contribution >= 4 is 29.1 Å². The minimum atomic E-state index is 0.763. The number of nitrogens with two attached hydrogens (primary N) is 1. The Morgan fingerprint density at radius 2 is 2.15 bits per heavy atom. The maximum atomic E-state index is 5.95. The predicted molar refractivity (Wildman–Crippen MR) is 59.5 cm³/mol. The van der Waals surface area contributed by atoms with Gasteiger partial charge in [0.15, 0.2) is 0 Å². The molecule has 0 amide bonds. The van der Waals surface area contributed by atoms with Gasteiger partial charge in [0.1, 0.15) is 0 Å². The van der Waals surface area contributed by atoms with Gasteiger partial charge in [-0.3, -0.25) is 0 Å². The Morgan fingerprint density at radius 1 is 1.31 bits per heavy atom. The highest BCUT2D eigenvalue weighted by molar-refractivity contribution is 7.99. The molecule has 0 saturated heterocycles. The van der Waals surface area contributed by atoms with Crippen LogP contribution in [0.15, 0.2) is 17.0 Å². The summed E-state index contributed by atoms with van der Waals surface area (Å²) in [5, 5.41) is 0.763. The molecular formula is C10H12ClNS. The van der Waals surface area contributed by atoms with Gasteiger partial charge in [0.05, 0.1) is 0 Å². The Kier molecular flexibility index (Phi) is 2.70. The number of aryl methyl sites for hydroxylation is 1. The standard InChI is InChI=1S/C10H12ClNS/c11-8-5-7-3-1-2-4-13-10(7)9(12)6-8/h5-6H,1-4,12H2. The number of anilines is 1. The SMILES string of the molecule is Nc1cc(Cl)cc2c1SCCCC2. The molecule has 13 heavy (non-hydrogen) atoms. The summed E-state index contributed by atoms with van der Waals surface area (Å²) in [6.45, 7) is 0. The summed E-state index contributed by atoms with van der Waals surface area (Å²) in [6.07, 6.45) is 3.64. The molecule has 1 aliphatic rings. The summed E-state index contributed by atoms with van der Waals surface area (Å²) < 4.78 is 0. The summed E-state index contributed by atoms with van der Waals surface area (Å²) in [6, 6.07) is 3.89. The molecule has 0 aromatic heterocycles. The maximum Gasteiger partial charge on any atom is 0.0469 e. The van der Waals surface area contributed by atoms with E-state index in [1.165, 1.54) is 29.1 Å². The van der Waals surface area contributed by atoms with Crippen LogP contribution in [0.1, 0.15) is 18.4 Å². The average molecular weight is 214 g/mol. The normalized spacial score (nSPS) is 16.4. The lowest BCUT2D eigenvalue weighted by Gasteiger charge is -2.08. The number of fused-ring (bicyclic) bond motifs is 1. The Morgan fingerprint density at radius 3 is 3.00 bits per heavy atom. The van der Waals surface area contributed by atoms with Crippen LogP contribution in [0.3, 0.4) is 0 Å². The van der Waals surface area contributed by atoms with E-state index in [1.807, 2.05) is 23.9 Å². The summed E-state index contributed by atoms with van der Waals surface area (Å²) in [5.41, 5.74) is 8.07. The summed E-state index contributed by atoms with van der Waals surface area (Å²) >= 11 is 7.81. The summed E-state index contributed by atoms with van der Waals surface area (Å²) in [5.74, 6) is 1.18. The molecule has 0 saturated carbocycles. The van der Waals surface area contributed by atoms with Crippen LogP contribution in [0.25, 0.3) is 0 Å². The van der Waals surface area contributed by atoms with Gasteiger partial charge in [-0.15, -0.1) is 11.8 Å². The van der Waals surface area contributed by atoms with E-state index in [0.717, 1.165) is 17.1 Å². The zero-order valence-corrected chi connectivity index (χ0v) is 8.92. The van der Waals surface area contributed by atoms with Gasteiger partial charge in [-0.25, -0.2) is 0 Å². The van der Waals surface area contributed by atoms with Crippen LogP contribution in [-0.2, 0) is 6.42 Å². The molecule has 1 heterocycles. The van der Waals surface area contributed by atoms with Gasteiger partial charge in [0, 0.05) is 15.6 Å². The molecular weight excluding hydrogens is 202 g/mol. The van der Waals surface area contributed by atoms with Crippen LogP contribution in [0, 0.1) is 0 Å². The zero-order chi connectivity index (χ0) is 9.26. The van der Waals surface area contributed by atoms with Crippen molar-refractivity contribution in [3.8, 4) is 0 Å². The molecule has 0 unspecified atom stereocenters. The van der Waals surface area contributed by atoms with Crippen molar-refractivity contribution in [1.29, 1.82) is 0 Å². The number of rotatable bonds is 0. The van der Waals surface area contributed by atoms with Crippen molar-refractivity contribution in [3.63, 3.8) is 0 Å². The second-order valence-corrected chi connectivity index (χ2v) is 4.83. The van der Waals surface area contributed by atoms with Gasteiger partial charge < -0.3 is 5.73 Å². The van der Waals surface area contributed by atoms with E-state index in [2.05, 4.69) is 0 Å². The van der Waals surface area contributed by atoms with Crippen molar-refractivity contribution in [2.45, 2.75) is 24.2 Å². The fourth-order valence-corrected chi connectivity index (χ4v) is 3.00. The third-order valence-corrected chi connectivity index (χ3v) is 3.74. The van der Waals surface area contributed by atoms with Crippen LogP contribution in [0.4, 0.5) is 5.69 Å². The summed E-state index contributed by atoms with van der Waals surface area (Å²) in [7, 11) is 0. The second kappa shape index (κ2) is 3.81. The number of hydrogen-bond acceptors (Lipinski definition) is 2. The smallest absolute Gasteiger partial charge is 0.0469 e. The molecule has 0 aliphatic carbocycles. The van der Waals surface area contributed by atoms with Crippen molar-refractivity contribution in [2.75, 3.05) is 11.5 Å². The Labute approximate surface area is 87.7 Å². The van der Waals surface area contributed by atoms with Crippen molar-refractivity contribution in [3.05, 3.63) is 22.7 Å².